The average molecular weight is 672 g/mol. The van der Waals surface area contributed by atoms with E-state index in [0.717, 1.165) is 25.7 Å². The van der Waals surface area contributed by atoms with Gasteiger partial charge in [-0.2, -0.15) is 10.5 Å². The number of Topliss-reactive ketones (excluding diaryl/α,β-unsaturated/α-hetero) is 1. The third kappa shape index (κ3) is 8.32. The lowest BCUT2D eigenvalue weighted by Crippen LogP contribution is -2.46. The molecular formula is C38H45N3O8. The van der Waals surface area contributed by atoms with Gasteiger partial charge in [0.25, 0.3) is 5.91 Å². The summed E-state index contributed by atoms with van der Waals surface area (Å²) >= 11 is 0. The second kappa shape index (κ2) is 14.4. The van der Waals surface area contributed by atoms with E-state index >= 15 is 0 Å². The van der Waals surface area contributed by atoms with E-state index in [2.05, 4.69) is 16.5 Å². The molecule has 1 saturated heterocycles. The number of esters is 1. The van der Waals surface area contributed by atoms with E-state index in [1.165, 1.54) is 0 Å². The van der Waals surface area contributed by atoms with Crippen LogP contribution in [-0.4, -0.2) is 57.7 Å². The zero-order valence-corrected chi connectivity index (χ0v) is 28.4. The zero-order valence-electron chi connectivity index (χ0n) is 28.4. The largest absolute Gasteiger partial charge is 0.460 e. The molecule has 260 valence electrons. The first-order chi connectivity index (χ1) is 23.5. The van der Waals surface area contributed by atoms with Crippen molar-refractivity contribution in [2.45, 2.75) is 96.3 Å². The minimum Gasteiger partial charge on any atom is -0.460 e. The van der Waals surface area contributed by atoms with Crippen molar-refractivity contribution in [3.8, 4) is 11.8 Å². The van der Waals surface area contributed by atoms with Crippen molar-refractivity contribution in [1.82, 2.24) is 15.4 Å². The quantitative estimate of drug-likeness (QED) is 0.179. The number of hydrogen-bond donors (Lipinski definition) is 1. The lowest BCUT2D eigenvalue weighted by atomic mass is 9.90. The molecule has 11 heteroatoms. The van der Waals surface area contributed by atoms with Gasteiger partial charge < -0.3 is 23.6 Å². The van der Waals surface area contributed by atoms with Gasteiger partial charge >= 0.3 is 12.0 Å². The second-order valence-electron chi connectivity index (χ2n) is 14.4. The van der Waals surface area contributed by atoms with Gasteiger partial charge in [0, 0.05) is 18.8 Å². The summed E-state index contributed by atoms with van der Waals surface area (Å²) in [6.45, 7) is 5.49. The Hall–Kier alpha value is -4.67. The maximum absolute atomic E-state index is 14.4. The van der Waals surface area contributed by atoms with Crippen LogP contribution in [-0.2, 0) is 23.9 Å². The molecule has 2 fully saturated rings. The van der Waals surface area contributed by atoms with Gasteiger partial charge in [-0.15, -0.1) is 0 Å². The maximum atomic E-state index is 14.4. The van der Waals surface area contributed by atoms with Crippen LogP contribution in [0.15, 0.2) is 71.2 Å². The molecule has 3 heterocycles. The summed E-state index contributed by atoms with van der Waals surface area (Å²) in [7, 11) is 0. The summed E-state index contributed by atoms with van der Waals surface area (Å²) in [4.78, 5) is 67.0. The Morgan fingerprint density at radius 1 is 1.04 bits per heavy atom. The molecular weight excluding hydrogens is 626 g/mol. The Balaban J connectivity index is 1.26. The number of carbonyl (C=O) groups is 4. The Labute approximate surface area is 286 Å². The highest BCUT2D eigenvalue weighted by molar-refractivity contribution is 5.97. The molecule has 0 radical (unpaired) electrons. The summed E-state index contributed by atoms with van der Waals surface area (Å²) in [5.41, 5.74) is 2.07. The van der Waals surface area contributed by atoms with Crippen LogP contribution < -0.4 is 15.1 Å². The average Bonchev–Trinajstić information content (AvgIpc) is 3.36. The molecule has 1 aliphatic carbocycles. The van der Waals surface area contributed by atoms with Crippen LogP contribution in [0.4, 0.5) is 0 Å². The molecule has 0 unspecified atom stereocenters. The number of ketones is 1. The van der Waals surface area contributed by atoms with Gasteiger partial charge in [0.2, 0.25) is 5.91 Å². The fourth-order valence-corrected chi connectivity index (χ4v) is 6.95. The van der Waals surface area contributed by atoms with Crippen LogP contribution >= 0.6 is 0 Å². The van der Waals surface area contributed by atoms with Gasteiger partial charge in [-0.1, -0.05) is 55.3 Å². The molecule has 1 aromatic heterocycles. The molecule has 3 aliphatic rings. The van der Waals surface area contributed by atoms with E-state index in [-0.39, 0.29) is 55.4 Å². The number of ether oxygens (including phenoxy) is 2. The van der Waals surface area contributed by atoms with Crippen LogP contribution in [0.2, 0.25) is 0 Å². The number of nitrogens with zero attached hydrogens (tertiary/aromatic N) is 2. The van der Waals surface area contributed by atoms with Crippen molar-refractivity contribution >= 4 is 34.7 Å². The van der Waals surface area contributed by atoms with Crippen LogP contribution in [0.3, 0.4) is 0 Å². The highest BCUT2D eigenvalue weighted by Gasteiger charge is 2.61. The molecule has 2 aliphatic heterocycles. The molecule has 3 aromatic rings. The monoisotopic (exact) mass is 671 g/mol. The number of para-hydroxylation sites is 3. The standard InChI is InChI=1S/C38H45N3O8/c1-37(2,3)48-33(43)20-25-14-8-5-4-6-9-15-26-22-38(26,35(45)40-49-27-16-10-7-11-17-27)23-31(42)30-21-28(24-41(30)34(25)44)46-36-39-29-18-12-13-19-32(29)47-36/h7,9-13,15-19,25-26,28,30H,4-6,8,14,20-24H2,1-3H3,(H,40,45)/b15-9-/t25-,26+,28-,30+,38-/m1/s1. The molecule has 1 saturated carbocycles. The maximum Gasteiger partial charge on any atom is 0.394 e. The fraction of sp³-hybridized carbons (Fsp3) is 0.500. The first kappa shape index (κ1) is 34.2. The highest BCUT2D eigenvalue weighted by Crippen LogP contribution is 2.57. The summed E-state index contributed by atoms with van der Waals surface area (Å²) in [6.07, 6.45) is 7.93. The number of hydroxylamine groups is 1. The van der Waals surface area contributed by atoms with E-state index in [9.17, 15) is 19.2 Å². The first-order valence-electron chi connectivity index (χ1n) is 17.3. The lowest BCUT2D eigenvalue weighted by Gasteiger charge is -2.29. The van der Waals surface area contributed by atoms with Gasteiger partial charge in [0.05, 0.1) is 24.4 Å². The SMILES string of the molecule is CC(C)(C)OC(=O)C[C@H]1CCCCC/C=C\[C@H]2C[C@@]2(C(=O)NOc2ccccc2)CC(=O)[C@@H]2C[C@@H](Oc3nc4ccccc4o3)CN2C1=O. The molecule has 2 amide bonds. The molecule has 0 spiro atoms. The molecule has 0 bridgehead atoms. The van der Waals surface area contributed by atoms with Crippen molar-refractivity contribution < 1.29 is 37.9 Å². The third-order valence-corrected chi connectivity index (χ3v) is 9.51. The van der Waals surface area contributed by atoms with Crippen LogP contribution in [0.25, 0.3) is 11.1 Å². The van der Waals surface area contributed by atoms with Crippen LogP contribution in [0, 0.1) is 17.3 Å². The number of aromatic nitrogens is 1. The number of carbonyl (C=O) groups excluding carboxylic acids is 4. The van der Waals surface area contributed by atoms with Crippen molar-refractivity contribution in [2.75, 3.05) is 6.54 Å². The number of amides is 2. The fourth-order valence-electron chi connectivity index (χ4n) is 6.95. The van der Waals surface area contributed by atoms with Crippen molar-refractivity contribution in [2.24, 2.45) is 17.3 Å². The molecule has 6 rings (SSSR count). The van der Waals surface area contributed by atoms with E-state index in [1.54, 1.807) is 56.0 Å². The van der Waals surface area contributed by atoms with E-state index < -0.39 is 35.0 Å². The number of allylic oxidation sites excluding steroid dienone is 2. The normalized spacial score (nSPS) is 26.9. The van der Waals surface area contributed by atoms with E-state index in [1.807, 2.05) is 30.3 Å². The molecule has 11 nitrogen and oxygen atoms in total. The number of benzene rings is 2. The number of oxazole rings is 1. The summed E-state index contributed by atoms with van der Waals surface area (Å²) in [6, 6.07) is 15.3. The summed E-state index contributed by atoms with van der Waals surface area (Å²) < 4.78 is 17.6. The van der Waals surface area contributed by atoms with Crippen molar-refractivity contribution in [3.63, 3.8) is 0 Å². The Morgan fingerprint density at radius 2 is 1.82 bits per heavy atom. The molecule has 1 N–H and O–H groups in total. The minimum absolute atomic E-state index is 0.0560. The Bertz CT molecular complexity index is 1660. The van der Waals surface area contributed by atoms with Crippen LogP contribution in [0.1, 0.15) is 78.6 Å². The first-order valence-corrected chi connectivity index (χ1v) is 17.3. The number of hydrogen-bond acceptors (Lipinski definition) is 9. The van der Waals surface area contributed by atoms with Gasteiger partial charge in [-0.25, -0.2) is 0 Å². The van der Waals surface area contributed by atoms with Crippen molar-refractivity contribution in [3.05, 3.63) is 66.7 Å². The molecule has 2 aromatic carbocycles. The predicted molar refractivity (Wildman–Crippen MR) is 180 cm³/mol. The molecule has 49 heavy (non-hydrogen) atoms. The number of fused-ring (bicyclic) bond motifs is 3. The predicted octanol–water partition coefficient (Wildman–Crippen LogP) is 6.12. The Kier molecular flexibility index (Phi) is 10.1. The smallest absolute Gasteiger partial charge is 0.394 e. The molecule has 5 atom stereocenters. The Morgan fingerprint density at radius 3 is 2.59 bits per heavy atom. The van der Waals surface area contributed by atoms with Gasteiger partial charge in [0.15, 0.2) is 17.1 Å². The van der Waals surface area contributed by atoms with E-state index in [4.69, 9.17) is 18.7 Å². The zero-order chi connectivity index (χ0) is 34.6. The highest BCUT2D eigenvalue weighted by atomic mass is 16.7. The topological polar surface area (TPSA) is 137 Å². The summed E-state index contributed by atoms with van der Waals surface area (Å²) in [5, 5.41) is 0. The number of nitrogens with one attached hydrogen (secondary N) is 1. The summed E-state index contributed by atoms with van der Waals surface area (Å²) in [5.74, 6) is -1.69. The van der Waals surface area contributed by atoms with Crippen molar-refractivity contribution in [1.29, 1.82) is 0 Å². The second-order valence-corrected chi connectivity index (χ2v) is 14.4. The van der Waals surface area contributed by atoms with E-state index in [0.29, 0.717) is 29.7 Å². The third-order valence-electron chi connectivity index (χ3n) is 9.51. The van der Waals surface area contributed by atoms with Gasteiger partial charge in [0.1, 0.15) is 17.2 Å². The number of rotatable bonds is 7. The minimum atomic E-state index is -1.01. The van der Waals surface area contributed by atoms with Gasteiger partial charge in [-0.3, -0.25) is 19.2 Å². The van der Waals surface area contributed by atoms with Gasteiger partial charge in [-0.05, 0) is 76.6 Å². The van der Waals surface area contributed by atoms with Crippen LogP contribution in [0.5, 0.6) is 11.8 Å². The lowest BCUT2D eigenvalue weighted by molar-refractivity contribution is -0.159.